The van der Waals surface area contributed by atoms with Crippen LogP contribution in [0.15, 0.2) is 16.9 Å². The Morgan fingerprint density at radius 2 is 2.12 bits per heavy atom. The lowest BCUT2D eigenvalue weighted by Crippen LogP contribution is -2.12. The Morgan fingerprint density at radius 3 is 2.88 bits per heavy atom. The highest BCUT2D eigenvalue weighted by atomic mass is 16.5. The molecule has 1 N–H and O–H groups in total. The molecule has 88 valence electrons. The van der Waals surface area contributed by atoms with Crippen LogP contribution in [0.5, 0.6) is 5.75 Å². The normalized spacial score (nSPS) is 14.0. The van der Waals surface area contributed by atoms with Gasteiger partial charge in [-0.15, -0.1) is 0 Å². The van der Waals surface area contributed by atoms with Gasteiger partial charge >= 0.3 is 0 Å². The summed E-state index contributed by atoms with van der Waals surface area (Å²) in [7, 11) is 1.63. The molecule has 1 aromatic carbocycles. The van der Waals surface area contributed by atoms with Crippen molar-refractivity contribution in [3.63, 3.8) is 0 Å². The van der Waals surface area contributed by atoms with Gasteiger partial charge in [-0.05, 0) is 37.8 Å². The van der Waals surface area contributed by atoms with Crippen LogP contribution in [0.25, 0.3) is 10.9 Å². The number of fused-ring (bicyclic) bond motifs is 2. The quantitative estimate of drug-likeness (QED) is 0.815. The molecule has 0 unspecified atom stereocenters. The molecule has 0 atom stereocenters. The average molecular weight is 229 g/mol. The number of rotatable bonds is 1. The van der Waals surface area contributed by atoms with Crippen LogP contribution in [0.3, 0.4) is 0 Å². The number of pyridine rings is 1. The molecule has 3 rings (SSSR count). The molecule has 1 heterocycles. The van der Waals surface area contributed by atoms with Gasteiger partial charge in [0, 0.05) is 11.3 Å². The van der Waals surface area contributed by atoms with Crippen LogP contribution in [0, 0.1) is 6.92 Å². The lowest BCUT2D eigenvalue weighted by molar-refractivity contribution is 0.418. The molecule has 0 saturated carbocycles. The second-order valence-corrected chi connectivity index (χ2v) is 4.60. The molecule has 0 aliphatic heterocycles. The van der Waals surface area contributed by atoms with Crippen molar-refractivity contribution < 1.29 is 4.74 Å². The maximum atomic E-state index is 12.4. The van der Waals surface area contributed by atoms with E-state index in [0.29, 0.717) is 0 Å². The molecule has 0 spiro atoms. The highest BCUT2D eigenvalue weighted by Crippen LogP contribution is 2.28. The first-order valence-electron chi connectivity index (χ1n) is 5.93. The summed E-state index contributed by atoms with van der Waals surface area (Å²) < 4.78 is 5.33. The van der Waals surface area contributed by atoms with E-state index in [1.54, 1.807) is 7.11 Å². The monoisotopic (exact) mass is 229 g/mol. The van der Waals surface area contributed by atoms with Gasteiger partial charge < -0.3 is 9.72 Å². The summed E-state index contributed by atoms with van der Waals surface area (Å²) in [6, 6.07) is 3.85. The number of ether oxygens (including phenoxy) is 1. The van der Waals surface area contributed by atoms with Crippen molar-refractivity contribution in [1.82, 2.24) is 4.98 Å². The average Bonchev–Trinajstić information content (AvgIpc) is 2.78. The molecule has 3 nitrogen and oxygen atoms in total. The van der Waals surface area contributed by atoms with Crippen LogP contribution in [0.2, 0.25) is 0 Å². The second-order valence-electron chi connectivity index (χ2n) is 4.60. The number of benzene rings is 1. The van der Waals surface area contributed by atoms with Gasteiger partial charge in [-0.1, -0.05) is 6.07 Å². The van der Waals surface area contributed by atoms with Gasteiger partial charge in [0.2, 0.25) is 0 Å². The van der Waals surface area contributed by atoms with E-state index in [4.69, 9.17) is 4.74 Å². The Hall–Kier alpha value is -1.77. The predicted octanol–water partition coefficient (Wildman–Crippen LogP) is 2.33. The van der Waals surface area contributed by atoms with Gasteiger partial charge in [-0.3, -0.25) is 4.79 Å². The largest absolute Gasteiger partial charge is 0.495 e. The van der Waals surface area contributed by atoms with Crippen molar-refractivity contribution in [2.45, 2.75) is 26.2 Å². The van der Waals surface area contributed by atoms with Crippen LogP contribution >= 0.6 is 0 Å². The van der Waals surface area contributed by atoms with Crippen LogP contribution in [-0.2, 0) is 12.8 Å². The first kappa shape index (κ1) is 10.4. The zero-order chi connectivity index (χ0) is 12.0. The maximum Gasteiger partial charge on any atom is 0.193 e. The number of hydrogen-bond acceptors (Lipinski definition) is 2. The lowest BCUT2D eigenvalue weighted by atomic mass is 10.0. The van der Waals surface area contributed by atoms with Crippen molar-refractivity contribution in [3.8, 4) is 5.75 Å². The third kappa shape index (κ3) is 1.38. The van der Waals surface area contributed by atoms with Crippen molar-refractivity contribution >= 4 is 10.9 Å². The van der Waals surface area contributed by atoms with Gasteiger partial charge in [0.1, 0.15) is 5.75 Å². The summed E-state index contributed by atoms with van der Waals surface area (Å²) in [4.78, 5) is 15.8. The van der Waals surface area contributed by atoms with Gasteiger partial charge in [0.05, 0.1) is 18.0 Å². The van der Waals surface area contributed by atoms with E-state index in [2.05, 4.69) is 4.98 Å². The van der Waals surface area contributed by atoms with E-state index in [1.807, 2.05) is 19.1 Å². The van der Waals surface area contributed by atoms with Gasteiger partial charge in [0.25, 0.3) is 0 Å². The number of aromatic amines is 1. The van der Waals surface area contributed by atoms with Crippen LogP contribution in [0.1, 0.15) is 23.2 Å². The SMILES string of the molecule is COc1ccc(C)c2c(=O)c3c([nH]c12)CCC3. The number of aromatic nitrogens is 1. The third-order valence-corrected chi connectivity index (χ3v) is 3.59. The minimum atomic E-state index is 0.183. The number of hydrogen-bond donors (Lipinski definition) is 1. The maximum absolute atomic E-state index is 12.4. The van der Waals surface area contributed by atoms with Crippen molar-refractivity contribution in [1.29, 1.82) is 0 Å². The molecular formula is C14H15NO2. The zero-order valence-corrected chi connectivity index (χ0v) is 10.1. The Bertz CT molecular complexity index is 655. The van der Waals surface area contributed by atoms with E-state index < -0.39 is 0 Å². The minimum absolute atomic E-state index is 0.183. The molecule has 2 aromatic rings. The molecule has 0 bridgehead atoms. The topological polar surface area (TPSA) is 42.1 Å². The van der Waals surface area contributed by atoms with E-state index in [9.17, 15) is 4.79 Å². The molecule has 0 amide bonds. The van der Waals surface area contributed by atoms with E-state index in [0.717, 1.165) is 52.7 Å². The molecule has 3 heteroatoms. The first-order valence-corrected chi connectivity index (χ1v) is 5.93. The van der Waals surface area contributed by atoms with E-state index in [1.165, 1.54) is 0 Å². The van der Waals surface area contributed by atoms with E-state index in [-0.39, 0.29) is 5.43 Å². The highest BCUT2D eigenvalue weighted by molar-refractivity contribution is 5.88. The third-order valence-electron chi connectivity index (χ3n) is 3.59. The Balaban J connectivity index is 2.50. The lowest BCUT2D eigenvalue weighted by Gasteiger charge is -2.10. The summed E-state index contributed by atoms with van der Waals surface area (Å²) >= 11 is 0. The standard InChI is InChI=1S/C14H15NO2/c1-8-6-7-11(17-2)13-12(8)14(16)9-4-3-5-10(9)15-13/h6-7H,3-5H2,1-2H3,(H,15,16). The second kappa shape index (κ2) is 3.62. The first-order chi connectivity index (χ1) is 8.22. The molecule has 1 aliphatic carbocycles. The van der Waals surface area contributed by atoms with Crippen molar-refractivity contribution in [2.75, 3.05) is 7.11 Å². The van der Waals surface area contributed by atoms with E-state index >= 15 is 0 Å². The molecule has 1 aromatic heterocycles. The zero-order valence-electron chi connectivity index (χ0n) is 10.1. The minimum Gasteiger partial charge on any atom is -0.495 e. The number of methoxy groups -OCH3 is 1. The van der Waals surface area contributed by atoms with Crippen molar-refractivity contribution in [3.05, 3.63) is 39.2 Å². The summed E-state index contributed by atoms with van der Waals surface area (Å²) in [6.07, 6.45) is 2.94. The van der Waals surface area contributed by atoms with Crippen LogP contribution in [-0.4, -0.2) is 12.1 Å². The number of aryl methyl sites for hydroxylation is 2. The van der Waals surface area contributed by atoms with Crippen LogP contribution in [0.4, 0.5) is 0 Å². The molecule has 17 heavy (non-hydrogen) atoms. The van der Waals surface area contributed by atoms with Crippen LogP contribution < -0.4 is 10.2 Å². The molecule has 1 aliphatic rings. The molecule has 0 radical (unpaired) electrons. The fraction of sp³-hybridized carbons (Fsp3) is 0.357. The van der Waals surface area contributed by atoms with Gasteiger partial charge in [-0.2, -0.15) is 0 Å². The summed E-state index contributed by atoms with van der Waals surface area (Å²) in [5.41, 5.74) is 4.10. The smallest absolute Gasteiger partial charge is 0.193 e. The molecule has 0 saturated heterocycles. The Kier molecular flexibility index (Phi) is 2.21. The predicted molar refractivity (Wildman–Crippen MR) is 67.9 cm³/mol. The fourth-order valence-corrected chi connectivity index (χ4v) is 2.71. The Labute approximate surface area is 99.4 Å². The van der Waals surface area contributed by atoms with Crippen molar-refractivity contribution in [2.24, 2.45) is 0 Å². The van der Waals surface area contributed by atoms with Gasteiger partial charge in [0.15, 0.2) is 5.43 Å². The molecule has 0 fully saturated rings. The van der Waals surface area contributed by atoms with Gasteiger partial charge in [-0.25, -0.2) is 0 Å². The number of nitrogens with one attached hydrogen (secondary N) is 1. The fourth-order valence-electron chi connectivity index (χ4n) is 2.71. The number of H-pyrrole nitrogens is 1. The molecular weight excluding hydrogens is 214 g/mol. The Morgan fingerprint density at radius 1 is 1.29 bits per heavy atom. The summed E-state index contributed by atoms with van der Waals surface area (Å²) in [5.74, 6) is 0.748. The highest BCUT2D eigenvalue weighted by Gasteiger charge is 2.19. The summed E-state index contributed by atoms with van der Waals surface area (Å²) in [5, 5.41) is 0.782. The summed E-state index contributed by atoms with van der Waals surface area (Å²) in [6.45, 7) is 1.97.